The molecule has 20 heavy (non-hydrogen) atoms. The number of amides is 1. The van der Waals surface area contributed by atoms with Crippen LogP contribution >= 0.6 is 0 Å². The maximum absolute atomic E-state index is 12.1. The van der Waals surface area contributed by atoms with E-state index in [1.165, 1.54) is 18.2 Å². The molecule has 0 aliphatic heterocycles. The molecule has 1 aromatic rings. The van der Waals surface area contributed by atoms with Crippen molar-refractivity contribution in [1.82, 2.24) is 5.32 Å². The zero-order valence-electron chi connectivity index (χ0n) is 11.8. The molecule has 0 bridgehead atoms. The minimum absolute atomic E-state index is 0.114. The first kappa shape index (κ1) is 15.9. The van der Waals surface area contributed by atoms with Gasteiger partial charge >= 0.3 is 0 Å². The molecule has 7 nitrogen and oxygen atoms in total. The van der Waals surface area contributed by atoms with E-state index in [1.54, 1.807) is 7.11 Å². The molecule has 0 aromatic heterocycles. The Hall–Kier alpha value is -2.15. The van der Waals surface area contributed by atoms with Crippen LogP contribution in [0.3, 0.4) is 0 Å². The number of carbonyl (C=O) groups is 1. The van der Waals surface area contributed by atoms with Gasteiger partial charge in [0.1, 0.15) is 0 Å². The molecule has 0 heterocycles. The molecule has 0 fully saturated rings. The third kappa shape index (κ3) is 4.20. The van der Waals surface area contributed by atoms with E-state index in [2.05, 4.69) is 10.6 Å². The van der Waals surface area contributed by atoms with E-state index >= 15 is 0 Å². The summed E-state index contributed by atoms with van der Waals surface area (Å²) in [4.78, 5) is 22.4. The van der Waals surface area contributed by atoms with E-state index in [4.69, 9.17) is 4.74 Å². The molecule has 0 radical (unpaired) electrons. The van der Waals surface area contributed by atoms with Gasteiger partial charge in [0.15, 0.2) is 0 Å². The fraction of sp³-hybridized carbons (Fsp3) is 0.462. The number of hydrogen-bond donors (Lipinski definition) is 2. The van der Waals surface area contributed by atoms with Gasteiger partial charge in [-0.2, -0.15) is 0 Å². The Kier molecular flexibility index (Phi) is 5.92. The fourth-order valence-corrected chi connectivity index (χ4v) is 1.59. The van der Waals surface area contributed by atoms with Gasteiger partial charge < -0.3 is 15.4 Å². The van der Waals surface area contributed by atoms with Crippen molar-refractivity contribution >= 4 is 17.3 Å². The second kappa shape index (κ2) is 7.44. The molecule has 0 aliphatic carbocycles. The number of nitro groups is 1. The number of rotatable bonds is 7. The molecular formula is C13H19N3O4. The van der Waals surface area contributed by atoms with Crippen LogP contribution in [0.1, 0.15) is 24.2 Å². The van der Waals surface area contributed by atoms with E-state index in [1.807, 2.05) is 13.8 Å². The zero-order valence-corrected chi connectivity index (χ0v) is 11.8. The smallest absolute Gasteiger partial charge is 0.270 e. The summed E-state index contributed by atoms with van der Waals surface area (Å²) in [6.45, 7) is 4.66. The van der Waals surface area contributed by atoms with Crippen LogP contribution in [-0.2, 0) is 4.74 Å². The van der Waals surface area contributed by atoms with Gasteiger partial charge in [0.05, 0.1) is 16.6 Å². The molecule has 7 heteroatoms. The average Bonchev–Trinajstić information content (AvgIpc) is 2.44. The summed E-state index contributed by atoms with van der Waals surface area (Å²) >= 11 is 0. The van der Waals surface area contributed by atoms with Crippen molar-refractivity contribution in [2.75, 3.05) is 25.5 Å². The maximum Gasteiger partial charge on any atom is 0.270 e. The van der Waals surface area contributed by atoms with Crippen LogP contribution in [0.4, 0.5) is 11.4 Å². The van der Waals surface area contributed by atoms with Crippen LogP contribution in [0, 0.1) is 10.1 Å². The molecule has 1 atom stereocenters. The molecule has 1 unspecified atom stereocenters. The minimum Gasteiger partial charge on any atom is -0.385 e. The van der Waals surface area contributed by atoms with Gasteiger partial charge in [0.2, 0.25) is 0 Å². The lowest BCUT2D eigenvalue weighted by molar-refractivity contribution is -0.384. The highest BCUT2D eigenvalue weighted by Gasteiger charge is 2.16. The van der Waals surface area contributed by atoms with Crippen molar-refractivity contribution in [3.05, 3.63) is 33.9 Å². The lowest BCUT2D eigenvalue weighted by atomic mass is 10.1. The first-order chi connectivity index (χ1) is 9.49. The van der Waals surface area contributed by atoms with Crippen LogP contribution in [0.5, 0.6) is 0 Å². The molecule has 2 N–H and O–H groups in total. The largest absolute Gasteiger partial charge is 0.385 e. The van der Waals surface area contributed by atoms with Crippen LogP contribution in [0.2, 0.25) is 0 Å². The molecule has 110 valence electrons. The Labute approximate surface area is 117 Å². The number of nitrogens with zero attached hydrogens (tertiary/aromatic N) is 1. The van der Waals surface area contributed by atoms with E-state index in [9.17, 15) is 14.9 Å². The normalized spacial score (nSPS) is 11.8. The van der Waals surface area contributed by atoms with Crippen LogP contribution in [0.25, 0.3) is 0 Å². The van der Waals surface area contributed by atoms with Crippen molar-refractivity contribution in [2.24, 2.45) is 0 Å². The topological polar surface area (TPSA) is 93.5 Å². The highest BCUT2D eigenvalue weighted by atomic mass is 16.6. The predicted molar refractivity (Wildman–Crippen MR) is 76.1 cm³/mol. The highest BCUT2D eigenvalue weighted by Crippen LogP contribution is 2.22. The number of non-ortho nitro benzene ring substituents is 1. The quantitative estimate of drug-likeness (QED) is 0.587. The summed E-state index contributed by atoms with van der Waals surface area (Å²) < 4.78 is 5.04. The number of nitrogens with one attached hydrogen (secondary N) is 2. The Morgan fingerprint density at radius 2 is 2.20 bits per heavy atom. The maximum atomic E-state index is 12.1. The molecule has 1 amide bonds. The zero-order chi connectivity index (χ0) is 15.1. The van der Waals surface area contributed by atoms with Crippen molar-refractivity contribution < 1.29 is 14.5 Å². The minimum atomic E-state index is -0.524. The molecule has 0 saturated heterocycles. The van der Waals surface area contributed by atoms with Gasteiger partial charge in [-0.15, -0.1) is 0 Å². The summed E-state index contributed by atoms with van der Waals surface area (Å²) in [5, 5.41) is 16.5. The SMILES string of the molecule is CCNc1ccc([N+](=O)[O-])cc1C(=O)NCC(C)OC. The number of hydrogen-bond acceptors (Lipinski definition) is 5. The molecule has 0 saturated carbocycles. The number of nitro benzene ring substituents is 1. The third-order valence-electron chi connectivity index (χ3n) is 2.78. The van der Waals surface area contributed by atoms with Crippen LogP contribution in [-0.4, -0.2) is 37.1 Å². The number of ether oxygens (including phenoxy) is 1. The molecule has 1 rings (SSSR count). The first-order valence-electron chi connectivity index (χ1n) is 6.32. The van der Waals surface area contributed by atoms with Crippen molar-refractivity contribution in [3.63, 3.8) is 0 Å². The van der Waals surface area contributed by atoms with E-state index in [0.717, 1.165) is 0 Å². The molecule has 1 aromatic carbocycles. The van der Waals surface area contributed by atoms with Gasteiger partial charge in [-0.1, -0.05) is 0 Å². The molecular weight excluding hydrogens is 262 g/mol. The van der Waals surface area contributed by atoms with E-state index < -0.39 is 4.92 Å². The standard InChI is InChI=1S/C13H19N3O4/c1-4-14-12-6-5-10(16(18)19)7-11(12)13(17)15-8-9(2)20-3/h5-7,9,14H,4,8H2,1-3H3,(H,15,17). The summed E-state index contributed by atoms with van der Waals surface area (Å²) in [6.07, 6.45) is -0.125. The number of carbonyl (C=O) groups excluding carboxylic acids is 1. The van der Waals surface area contributed by atoms with Crippen LogP contribution < -0.4 is 10.6 Å². The Morgan fingerprint density at radius 3 is 2.75 bits per heavy atom. The highest BCUT2D eigenvalue weighted by molar-refractivity contribution is 6.00. The average molecular weight is 281 g/mol. The van der Waals surface area contributed by atoms with Gasteiger partial charge in [-0.3, -0.25) is 14.9 Å². The van der Waals surface area contributed by atoms with Gasteiger partial charge in [0.25, 0.3) is 11.6 Å². The summed E-state index contributed by atoms with van der Waals surface area (Å²) in [7, 11) is 1.55. The van der Waals surface area contributed by atoms with Crippen molar-refractivity contribution in [1.29, 1.82) is 0 Å². The Balaban J connectivity index is 2.96. The molecule has 0 aliphatic rings. The van der Waals surface area contributed by atoms with Gasteiger partial charge in [-0.05, 0) is 19.9 Å². The second-order valence-electron chi connectivity index (χ2n) is 4.27. The van der Waals surface area contributed by atoms with Crippen molar-refractivity contribution in [2.45, 2.75) is 20.0 Å². The number of benzene rings is 1. The lowest BCUT2D eigenvalue weighted by Gasteiger charge is -2.13. The number of anilines is 1. The van der Waals surface area contributed by atoms with Gasteiger partial charge in [-0.25, -0.2) is 0 Å². The molecule has 0 spiro atoms. The lowest BCUT2D eigenvalue weighted by Crippen LogP contribution is -2.32. The third-order valence-corrected chi connectivity index (χ3v) is 2.78. The van der Waals surface area contributed by atoms with Crippen molar-refractivity contribution in [3.8, 4) is 0 Å². The summed E-state index contributed by atoms with van der Waals surface area (Å²) in [5.41, 5.74) is 0.710. The summed E-state index contributed by atoms with van der Waals surface area (Å²) in [6, 6.07) is 4.17. The summed E-state index contributed by atoms with van der Waals surface area (Å²) in [5.74, 6) is -0.367. The number of methoxy groups -OCH3 is 1. The monoisotopic (exact) mass is 281 g/mol. The fourth-order valence-electron chi connectivity index (χ4n) is 1.59. The predicted octanol–water partition coefficient (Wildman–Crippen LogP) is 1.79. The first-order valence-corrected chi connectivity index (χ1v) is 6.32. The Bertz CT molecular complexity index is 491. The van der Waals surface area contributed by atoms with Crippen LogP contribution in [0.15, 0.2) is 18.2 Å². The van der Waals surface area contributed by atoms with Gasteiger partial charge in [0, 0.05) is 38.0 Å². The second-order valence-corrected chi connectivity index (χ2v) is 4.27. The van der Waals surface area contributed by atoms with E-state index in [0.29, 0.717) is 18.8 Å². The Morgan fingerprint density at radius 1 is 1.50 bits per heavy atom. The van der Waals surface area contributed by atoms with E-state index in [-0.39, 0.29) is 23.3 Å².